The number of rotatable bonds is 8. The minimum absolute atomic E-state index is 0.597. The van der Waals surface area contributed by atoms with Crippen LogP contribution in [0.4, 0.5) is 0 Å². The lowest BCUT2D eigenvalue weighted by atomic mass is 10.1. The quantitative estimate of drug-likeness (QED) is 0.631. The predicted molar refractivity (Wildman–Crippen MR) is 105 cm³/mol. The number of hydrogen-bond acceptors (Lipinski definition) is 2. The topological polar surface area (TPSA) is 28.3 Å². The Bertz CT molecular complexity index is 804. The van der Waals surface area contributed by atoms with E-state index in [1.165, 1.54) is 27.6 Å². The number of benzene rings is 2. The van der Waals surface area contributed by atoms with Crippen LogP contribution in [-0.4, -0.2) is 29.5 Å². The fraction of sp³-hybridized carbons (Fsp3) is 0.364. The zero-order chi connectivity index (χ0) is 17.6. The Hall–Kier alpha value is -2.26. The molecule has 0 atom stereocenters. The lowest BCUT2D eigenvalue weighted by molar-refractivity contribution is 0.306. The van der Waals surface area contributed by atoms with E-state index in [0.29, 0.717) is 6.61 Å². The highest BCUT2D eigenvalue weighted by Crippen LogP contribution is 2.32. The molecule has 0 aliphatic heterocycles. The Labute approximate surface area is 150 Å². The van der Waals surface area contributed by atoms with Crippen molar-refractivity contribution < 1.29 is 4.74 Å². The fourth-order valence-corrected chi connectivity index (χ4v) is 3.30. The number of aromatic nitrogens is 1. The van der Waals surface area contributed by atoms with Gasteiger partial charge < -0.3 is 14.6 Å². The number of nitrogens with one attached hydrogen (secondary N) is 1. The second-order valence-corrected chi connectivity index (χ2v) is 6.50. The zero-order valence-corrected chi connectivity index (χ0v) is 15.5. The molecule has 0 fully saturated rings. The summed E-state index contributed by atoms with van der Waals surface area (Å²) in [6.45, 7) is 10.4. The van der Waals surface area contributed by atoms with Gasteiger partial charge in [-0.15, -0.1) is 0 Å². The van der Waals surface area contributed by atoms with Crippen molar-refractivity contribution in [2.45, 2.75) is 33.8 Å². The number of aryl methyl sites for hydroxylation is 1. The maximum absolute atomic E-state index is 6.19. The van der Waals surface area contributed by atoms with Gasteiger partial charge in [0.1, 0.15) is 12.4 Å². The normalized spacial score (nSPS) is 11.4. The van der Waals surface area contributed by atoms with Crippen molar-refractivity contribution in [2.75, 3.05) is 19.6 Å². The van der Waals surface area contributed by atoms with Crippen LogP contribution in [0.3, 0.4) is 0 Å². The van der Waals surface area contributed by atoms with Crippen molar-refractivity contribution in [3.05, 3.63) is 65.4 Å². The van der Waals surface area contributed by atoms with Gasteiger partial charge in [0.05, 0.1) is 5.52 Å². The number of ether oxygens (including phenoxy) is 1. The number of fused-ring (bicyclic) bond motifs is 1. The Morgan fingerprint density at radius 1 is 1.00 bits per heavy atom. The zero-order valence-electron chi connectivity index (χ0n) is 15.5. The van der Waals surface area contributed by atoms with Gasteiger partial charge in [0, 0.05) is 18.1 Å². The van der Waals surface area contributed by atoms with Crippen LogP contribution in [0.15, 0.2) is 48.7 Å². The fourth-order valence-electron chi connectivity index (χ4n) is 3.30. The molecule has 0 radical (unpaired) electrons. The molecule has 0 aliphatic carbocycles. The van der Waals surface area contributed by atoms with Gasteiger partial charge in [-0.2, -0.15) is 0 Å². The first-order valence-electron chi connectivity index (χ1n) is 9.21. The largest absolute Gasteiger partial charge is 0.488 e. The first kappa shape index (κ1) is 17.6. The summed E-state index contributed by atoms with van der Waals surface area (Å²) in [4.78, 5) is 5.91. The second kappa shape index (κ2) is 8.21. The van der Waals surface area contributed by atoms with Crippen LogP contribution in [0, 0.1) is 6.92 Å². The summed E-state index contributed by atoms with van der Waals surface area (Å²) < 4.78 is 6.19. The van der Waals surface area contributed by atoms with Crippen molar-refractivity contribution >= 4 is 10.9 Å². The number of H-pyrrole nitrogens is 1. The lowest BCUT2D eigenvalue weighted by Crippen LogP contribution is -2.25. The van der Waals surface area contributed by atoms with E-state index in [1.807, 2.05) is 6.07 Å². The third-order valence-electron chi connectivity index (χ3n) is 4.92. The molecule has 0 saturated heterocycles. The molecule has 3 nitrogen and oxygen atoms in total. The minimum atomic E-state index is 0.597. The molecule has 1 heterocycles. The van der Waals surface area contributed by atoms with Crippen molar-refractivity contribution in [1.82, 2.24) is 9.88 Å². The molecular weight excluding hydrogens is 308 g/mol. The predicted octanol–water partition coefficient (Wildman–Crippen LogP) is 4.94. The van der Waals surface area contributed by atoms with Crippen LogP contribution in [0.1, 0.15) is 30.5 Å². The summed E-state index contributed by atoms with van der Waals surface area (Å²) in [7, 11) is 0. The average molecular weight is 336 g/mol. The molecule has 1 aromatic heterocycles. The van der Waals surface area contributed by atoms with Gasteiger partial charge in [0.15, 0.2) is 0 Å². The summed E-state index contributed by atoms with van der Waals surface area (Å²) in [6.07, 6.45) is 3.18. The third kappa shape index (κ3) is 4.05. The standard InChI is InChI=1S/C22H28N2O/c1-4-24(5-2)14-13-19-15-23-22-17(3)11-12-20(21(19)22)25-16-18-9-7-6-8-10-18/h6-12,15,23H,4-5,13-14,16H2,1-3H3. The molecule has 0 saturated carbocycles. The molecular formula is C22H28N2O. The van der Waals surface area contributed by atoms with Gasteiger partial charge in [-0.3, -0.25) is 0 Å². The van der Waals surface area contributed by atoms with Crippen molar-refractivity contribution in [3.63, 3.8) is 0 Å². The van der Waals surface area contributed by atoms with Gasteiger partial charge in [0.2, 0.25) is 0 Å². The molecule has 25 heavy (non-hydrogen) atoms. The van der Waals surface area contributed by atoms with Crippen LogP contribution in [-0.2, 0) is 13.0 Å². The lowest BCUT2D eigenvalue weighted by Gasteiger charge is -2.17. The van der Waals surface area contributed by atoms with E-state index in [4.69, 9.17) is 4.74 Å². The van der Waals surface area contributed by atoms with Crippen LogP contribution in [0.25, 0.3) is 10.9 Å². The Balaban J connectivity index is 1.84. The second-order valence-electron chi connectivity index (χ2n) is 6.50. The van der Waals surface area contributed by atoms with E-state index < -0.39 is 0 Å². The average Bonchev–Trinajstić information content (AvgIpc) is 3.08. The highest BCUT2D eigenvalue weighted by Gasteiger charge is 2.13. The van der Waals surface area contributed by atoms with Gasteiger partial charge in [0.25, 0.3) is 0 Å². The molecule has 2 aromatic carbocycles. The molecule has 1 N–H and O–H groups in total. The minimum Gasteiger partial charge on any atom is -0.488 e. The van der Waals surface area contributed by atoms with Crippen LogP contribution >= 0.6 is 0 Å². The molecule has 0 aliphatic rings. The van der Waals surface area contributed by atoms with Crippen molar-refractivity contribution in [3.8, 4) is 5.75 Å². The molecule has 3 aromatic rings. The third-order valence-corrected chi connectivity index (χ3v) is 4.92. The summed E-state index contributed by atoms with van der Waals surface area (Å²) >= 11 is 0. The monoisotopic (exact) mass is 336 g/mol. The summed E-state index contributed by atoms with van der Waals surface area (Å²) in [5.41, 5.74) is 4.99. The Morgan fingerprint density at radius 2 is 1.76 bits per heavy atom. The summed E-state index contributed by atoms with van der Waals surface area (Å²) in [5, 5.41) is 1.24. The SMILES string of the molecule is CCN(CC)CCc1c[nH]c2c(C)ccc(OCc3ccccc3)c12. The van der Waals surface area contributed by atoms with Gasteiger partial charge in [-0.25, -0.2) is 0 Å². The van der Waals surface area contributed by atoms with E-state index in [9.17, 15) is 0 Å². The number of hydrogen-bond donors (Lipinski definition) is 1. The molecule has 132 valence electrons. The Morgan fingerprint density at radius 3 is 2.48 bits per heavy atom. The van der Waals surface area contributed by atoms with E-state index in [0.717, 1.165) is 31.8 Å². The maximum Gasteiger partial charge on any atom is 0.129 e. The van der Waals surface area contributed by atoms with E-state index >= 15 is 0 Å². The smallest absolute Gasteiger partial charge is 0.129 e. The van der Waals surface area contributed by atoms with Gasteiger partial charge in [-0.1, -0.05) is 50.2 Å². The first-order valence-corrected chi connectivity index (χ1v) is 9.21. The molecule has 0 spiro atoms. The van der Waals surface area contributed by atoms with E-state index in [1.54, 1.807) is 0 Å². The van der Waals surface area contributed by atoms with E-state index in [-0.39, 0.29) is 0 Å². The highest BCUT2D eigenvalue weighted by molar-refractivity contribution is 5.91. The summed E-state index contributed by atoms with van der Waals surface area (Å²) in [6, 6.07) is 14.6. The highest BCUT2D eigenvalue weighted by atomic mass is 16.5. The van der Waals surface area contributed by atoms with Gasteiger partial charge >= 0.3 is 0 Å². The van der Waals surface area contributed by atoms with Crippen LogP contribution < -0.4 is 4.74 Å². The molecule has 3 heteroatoms. The summed E-state index contributed by atoms with van der Waals surface area (Å²) in [5.74, 6) is 0.972. The van der Waals surface area contributed by atoms with E-state index in [2.05, 4.69) is 73.3 Å². The first-order chi connectivity index (χ1) is 12.2. The molecule has 0 bridgehead atoms. The van der Waals surface area contributed by atoms with Crippen LogP contribution in [0.2, 0.25) is 0 Å². The molecule has 3 rings (SSSR count). The maximum atomic E-state index is 6.19. The number of nitrogens with zero attached hydrogens (tertiary/aromatic N) is 1. The van der Waals surface area contributed by atoms with Crippen LogP contribution in [0.5, 0.6) is 5.75 Å². The van der Waals surface area contributed by atoms with Crippen molar-refractivity contribution in [2.24, 2.45) is 0 Å². The van der Waals surface area contributed by atoms with Gasteiger partial charge in [-0.05, 0) is 49.2 Å². The van der Waals surface area contributed by atoms with Crippen molar-refractivity contribution in [1.29, 1.82) is 0 Å². The molecule has 0 unspecified atom stereocenters. The Kier molecular flexibility index (Phi) is 5.77. The number of likely N-dealkylation sites (N-methyl/N-ethyl adjacent to an activating group) is 1. The molecule has 0 amide bonds. The number of aromatic amines is 1.